The molecule has 152 valence electrons. The van der Waals surface area contributed by atoms with E-state index in [-0.39, 0.29) is 11.2 Å². The van der Waals surface area contributed by atoms with E-state index < -0.39 is 17.6 Å². The zero-order chi connectivity index (χ0) is 20.8. The zero-order valence-electron chi connectivity index (χ0n) is 14.8. The Hall–Kier alpha value is -1.97. The van der Waals surface area contributed by atoms with E-state index in [1.165, 1.54) is 16.9 Å². The summed E-state index contributed by atoms with van der Waals surface area (Å²) in [5.41, 5.74) is 0.134. The smallest absolute Gasteiger partial charge is 0.302 e. The molecule has 29 heavy (non-hydrogen) atoms. The fourth-order valence-corrected chi connectivity index (χ4v) is 4.02. The van der Waals surface area contributed by atoms with E-state index in [9.17, 15) is 17.6 Å². The fraction of sp³-hybridized carbons (Fsp3) is 0.263. The molecule has 0 aliphatic heterocycles. The maximum Gasteiger partial charge on any atom is 0.419 e. The van der Waals surface area contributed by atoms with Crippen molar-refractivity contribution in [1.29, 1.82) is 0 Å². The van der Waals surface area contributed by atoms with Gasteiger partial charge in [-0.1, -0.05) is 32.7 Å². The third-order valence-electron chi connectivity index (χ3n) is 4.83. The molecule has 0 unspecified atom stereocenters. The number of hydrogen-bond acceptors (Lipinski definition) is 3. The second kappa shape index (κ2) is 7.37. The minimum Gasteiger partial charge on any atom is -0.302 e. The van der Waals surface area contributed by atoms with Crippen LogP contribution in [-0.2, 0) is 18.3 Å². The van der Waals surface area contributed by atoms with Crippen LogP contribution >= 0.6 is 27.5 Å². The summed E-state index contributed by atoms with van der Waals surface area (Å²) >= 11 is 9.58. The molecule has 0 bridgehead atoms. The summed E-state index contributed by atoms with van der Waals surface area (Å²) in [6, 6.07) is 8.42. The van der Waals surface area contributed by atoms with Gasteiger partial charge in [0, 0.05) is 21.6 Å². The maximum atomic E-state index is 13.5. The molecule has 0 saturated heterocycles. The van der Waals surface area contributed by atoms with Crippen LogP contribution in [0.5, 0.6) is 0 Å². The number of nitrogens with zero attached hydrogens (tertiary/aromatic N) is 3. The molecule has 0 spiro atoms. The Labute approximate surface area is 177 Å². The average Bonchev–Trinajstić information content (AvgIpc) is 3.29. The summed E-state index contributed by atoms with van der Waals surface area (Å²) in [5, 5.41) is 11.9. The molecule has 1 aromatic heterocycles. The third kappa shape index (κ3) is 4.31. The fourth-order valence-electron chi connectivity index (χ4n) is 3.16. The van der Waals surface area contributed by atoms with Crippen molar-refractivity contribution in [2.24, 2.45) is 0 Å². The number of nitrogens with one attached hydrogen (secondary N) is 1. The van der Waals surface area contributed by atoms with Gasteiger partial charge in [0.1, 0.15) is 5.82 Å². The Bertz CT molecular complexity index is 1040. The van der Waals surface area contributed by atoms with E-state index in [1.807, 2.05) is 18.2 Å². The molecule has 1 saturated carbocycles. The van der Waals surface area contributed by atoms with E-state index in [4.69, 9.17) is 11.6 Å². The largest absolute Gasteiger partial charge is 0.419 e. The summed E-state index contributed by atoms with van der Waals surface area (Å²) in [6.07, 6.45) is -1.40. The lowest BCUT2D eigenvalue weighted by atomic mass is 10.1. The van der Waals surface area contributed by atoms with Crippen LogP contribution < -0.4 is 5.32 Å². The summed E-state index contributed by atoms with van der Waals surface area (Å²) in [6.45, 7) is 0.372. The molecule has 1 aliphatic carbocycles. The first-order valence-electron chi connectivity index (χ1n) is 8.66. The van der Waals surface area contributed by atoms with Gasteiger partial charge < -0.3 is 5.32 Å². The standard InChI is InChI=1S/C19H14BrClF4N4/c20-12-5-11(6-13(21)7-12)18(3-4-18)26-9-14-10-29(28-27-14)15-1-2-17(22)16(8-15)19(23,24)25/h1-2,5-8,10,26H,3-4,9H2. The van der Waals surface area contributed by atoms with Crippen LogP contribution in [0.2, 0.25) is 5.02 Å². The molecule has 2 aromatic carbocycles. The quantitative estimate of drug-likeness (QED) is 0.473. The van der Waals surface area contributed by atoms with Gasteiger partial charge in [0.25, 0.3) is 0 Å². The maximum absolute atomic E-state index is 13.5. The second-order valence-corrected chi connectivity index (χ2v) is 8.26. The Morgan fingerprint density at radius 3 is 2.59 bits per heavy atom. The SMILES string of the molecule is Fc1ccc(-n2cc(CNC3(c4cc(Cl)cc(Br)c4)CC3)nn2)cc1C(F)(F)F. The second-order valence-electron chi connectivity index (χ2n) is 6.91. The highest BCUT2D eigenvalue weighted by atomic mass is 79.9. The van der Waals surface area contributed by atoms with Gasteiger partial charge in [-0.2, -0.15) is 13.2 Å². The van der Waals surface area contributed by atoms with E-state index in [0.29, 0.717) is 23.3 Å². The first-order valence-corrected chi connectivity index (χ1v) is 9.83. The summed E-state index contributed by atoms with van der Waals surface area (Å²) in [5.74, 6) is -1.33. The van der Waals surface area contributed by atoms with Crippen molar-refractivity contribution in [1.82, 2.24) is 20.3 Å². The van der Waals surface area contributed by atoms with Gasteiger partial charge >= 0.3 is 6.18 Å². The van der Waals surface area contributed by atoms with E-state index in [2.05, 4.69) is 31.6 Å². The van der Waals surface area contributed by atoms with Crippen molar-refractivity contribution < 1.29 is 17.6 Å². The van der Waals surface area contributed by atoms with Crippen LogP contribution in [0, 0.1) is 5.82 Å². The van der Waals surface area contributed by atoms with Crippen LogP contribution in [0.25, 0.3) is 5.69 Å². The van der Waals surface area contributed by atoms with Crippen molar-refractivity contribution in [2.45, 2.75) is 31.1 Å². The predicted molar refractivity (Wildman–Crippen MR) is 103 cm³/mol. The Morgan fingerprint density at radius 1 is 1.17 bits per heavy atom. The van der Waals surface area contributed by atoms with Crippen molar-refractivity contribution in [2.75, 3.05) is 0 Å². The van der Waals surface area contributed by atoms with Gasteiger partial charge in [-0.25, -0.2) is 9.07 Å². The number of hydrogen-bond donors (Lipinski definition) is 1. The molecule has 1 aliphatic rings. The van der Waals surface area contributed by atoms with Gasteiger partial charge in [0.15, 0.2) is 0 Å². The molecular formula is C19H14BrClF4N4. The molecule has 4 rings (SSSR count). The van der Waals surface area contributed by atoms with Crippen molar-refractivity contribution in [3.05, 3.63) is 74.7 Å². The Balaban J connectivity index is 1.51. The Morgan fingerprint density at radius 2 is 1.93 bits per heavy atom. The van der Waals surface area contributed by atoms with Gasteiger partial charge in [-0.3, -0.25) is 0 Å². The molecule has 4 nitrogen and oxygen atoms in total. The summed E-state index contributed by atoms with van der Waals surface area (Å²) < 4.78 is 54.3. The van der Waals surface area contributed by atoms with Crippen LogP contribution in [0.1, 0.15) is 29.7 Å². The Kier molecular flexibility index (Phi) is 5.16. The molecule has 0 atom stereocenters. The van der Waals surface area contributed by atoms with Gasteiger partial charge in [0.05, 0.1) is 23.1 Å². The molecule has 3 aromatic rings. The predicted octanol–water partition coefficient (Wildman–Crippen LogP) is 5.62. The van der Waals surface area contributed by atoms with Gasteiger partial charge in [0.2, 0.25) is 0 Å². The lowest BCUT2D eigenvalue weighted by Crippen LogP contribution is -2.28. The highest BCUT2D eigenvalue weighted by molar-refractivity contribution is 9.10. The number of aromatic nitrogens is 3. The van der Waals surface area contributed by atoms with Crippen molar-refractivity contribution >= 4 is 27.5 Å². The lowest BCUT2D eigenvalue weighted by molar-refractivity contribution is -0.140. The molecule has 1 N–H and O–H groups in total. The van der Waals surface area contributed by atoms with Crippen molar-refractivity contribution in [3.63, 3.8) is 0 Å². The number of rotatable bonds is 5. The van der Waals surface area contributed by atoms with Crippen LogP contribution in [0.15, 0.2) is 47.1 Å². The van der Waals surface area contributed by atoms with Gasteiger partial charge in [-0.15, -0.1) is 5.10 Å². The highest BCUT2D eigenvalue weighted by Gasteiger charge is 2.44. The minimum absolute atomic E-state index is 0.0809. The molecule has 10 heteroatoms. The van der Waals surface area contributed by atoms with E-state index in [0.717, 1.165) is 28.9 Å². The molecule has 1 heterocycles. The zero-order valence-corrected chi connectivity index (χ0v) is 17.1. The topological polar surface area (TPSA) is 42.7 Å². The van der Waals surface area contributed by atoms with E-state index in [1.54, 1.807) is 0 Å². The molecular weight excluding hydrogens is 476 g/mol. The number of alkyl halides is 3. The molecule has 1 fully saturated rings. The molecule has 0 amide bonds. The van der Waals surface area contributed by atoms with E-state index >= 15 is 0 Å². The first kappa shape index (κ1) is 20.3. The third-order valence-corrected chi connectivity index (χ3v) is 5.51. The number of benzene rings is 2. The molecule has 0 radical (unpaired) electrons. The average molecular weight is 490 g/mol. The summed E-state index contributed by atoms with van der Waals surface area (Å²) in [7, 11) is 0. The van der Waals surface area contributed by atoms with Crippen LogP contribution in [0.3, 0.4) is 0 Å². The lowest BCUT2D eigenvalue weighted by Gasteiger charge is -2.18. The minimum atomic E-state index is -4.78. The monoisotopic (exact) mass is 488 g/mol. The van der Waals surface area contributed by atoms with Crippen LogP contribution in [-0.4, -0.2) is 15.0 Å². The van der Waals surface area contributed by atoms with Crippen LogP contribution in [0.4, 0.5) is 17.6 Å². The number of halogens is 6. The first-order chi connectivity index (χ1) is 13.7. The normalized spacial score (nSPS) is 15.5. The van der Waals surface area contributed by atoms with Gasteiger partial charge in [-0.05, 0) is 54.8 Å². The highest BCUT2D eigenvalue weighted by Crippen LogP contribution is 2.47. The van der Waals surface area contributed by atoms with Crippen molar-refractivity contribution in [3.8, 4) is 5.69 Å². The summed E-state index contributed by atoms with van der Waals surface area (Å²) in [4.78, 5) is 0.